The Morgan fingerprint density at radius 3 is 2.81 bits per heavy atom. The molecule has 1 heterocycles. The molecule has 1 amide bonds. The van der Waals surface area contributed by atoms with E-state index in [1.165, 1.54) is 11.8 Å². The summed E-state index contributed by atoms with van der Waals surface area (Å²) >= 11 is 7.41. The number of nitrogens with one attached hydrogen (secondary N) is 2. The summed E-state index contributed by atoms with van der Waals surface area (Å²) in [4.78, 5) is 31.5. The lowest BCUT2D eigenvalue weighted by molar-refractivity contribution is -0.120. The van der Waals surface area contributed by atoms with Crippen LogP contribution in [0.2, 0.25) is 5.02 Å². The van der Waals surface area contributed by atoms with Crippen molar-refractivity contribution in [3.05, 3.63) is 56.5 Å². The summed E-state index contributed by atoms with van der Waals surface area (Å²) in [5.41, 5.74) is 1.79. The summed E-state index contributed by atoms with van der Waals surface area (Å²) in [7, 11) is 0. The number of nitrogens with zero attached hydrogens (tertiary/aromatic N) is 1. The van der Waals surface area contributed by atoms with E-state index in [2.05, 4.69) is 29.1 Å². The van der Waals surface area contributed by atoms with E-state index in [-0.39, 0.29) is 17.9 Å². The average Bonchev–Trinajstić information content (AvgIpc) is 2.56. The third-order valence-electron chi connectivity index (χ3n) is 3.85. The first-order valence-corrected chi connectivity index (χ1v) is 9.95. The topological polar surface area (TPSA) is 74.8 Å². The number of carbonyl (C=O) groups is 1. The molecular weight excluding hydrogens is 370 g/mol. The Labute approximate surface area is 163 Å². The minimum absolute atomic E-state index is 0.0471. The molecule has 2 aromatic rings. The van der Waals surface area contributed by atoms with E-state index < -0.39 is 0 Å². The molecule has 140 valence electrons. The lowest BCUT2D eigenvalue weighted by Gasteiger charge is -2.09. The molecule has 0 radical (unpaired) electrons. The highest BCUT2D eigenvalue weighted by Gasteiger charge is 2.13. The van der Waals surface area contributed by atoms with E-state index in [4.69, 9.17) is 11.6 Å². The number of aromatic nitrogens is 2. The van der Waals surface area contributed by atoms with Crippen LogP contribution in [-0.2, 0) is 17.0 Å². The number of benzene rings is 1. The van der Waals surface area contributed by atoms with Crippen LogP contribution >= 0.6 is 23.4 Å². The fraction of sp³-hybridized carbons (Fsp3) is 0.421. The van der Waals surface area contributed by atoms with Gasteiger partial charge in [0, 0.05) is 28.6 Å². The Balaban J connectivity index is 1.98. The van der Waals surface area contributed by atoms with Gasteiger partial charge >= 0.3 is 0 Å². The van der Waals surface area contributed by atoms with Gasteiger partial charge in [0.05, 0.1) is 6.42 Å². The van der Waals surface area contributed by atoms with Gasteiger partial charge in [0.1, 0.15) is 0 Å². The van der Waals surface area contributed by atoms with Crippen molar-refractivity contribution in [3.63, 3.8) is 0 Å². The number of amides is 1. The second kappa shape index (κ2) is 9.78. The number of thioether (sulfide) groups is 1. The first-order chi connectivity index (χ1) is 12.3. The monoisotopic (exact) mass is 393 g/mol. The Hall–Kier alpha value is -1.79. The summed E-state index contributed by atoms with van der Waals surface area (Å²) in [5.74, 6) is 1.02. The molecule has 0 atom stereocenters. The molecule has 0 fully saturated rings. The minimum atomic E-state index is -0.259. The summed E-state index contributed by atoms with van der Waals surface area (Å²) in [6.07, 6.45) is 0.962. The van der Waals surface area contributed by atoms with Gasteiger partial charge in [-0.3, -0.25) is 9.59 Å². The van der Waals surface area contributed by atoms with Crippen LogP contribution in [0.15, 0.2) is 34.2 Å². The van der Waals surface area contributed by atoms with Crippen LogP contribution in [0.5, 0.6) is 0 Å². The molecule has 7 heteroatoms. The molecule has 5 nitrogen and oxygen atoms in total. The first kappa shape index (κ1) is 20.5. The fourth-order valence-corrected chi connectivity index (χ4v) is 3.43. The summed E-state index contributed by atoms with van der Waals surface area (Å²) < 4.78 is 0. The third-order valence-corrected chi connectivity index (χ3v) is 5.03. The molecule has 1 aromatic carbocycles. The Morgan fingerprint density at radius 2 is 2.15 bits per heavy atom. The Kier molecular flexibility index (Phi) is 7.72. The van der Waals surface area contributed by atoms with Crippen molar-refractivity contribution in [1.82, 2.24) is 15.3 Å². The van der Waals surface area contributed by atoms with Crippen molar-refractivity contribution < 1.29 is 4.79 Å². The highest BCUT2D eigenvalue weighted by molar-refractivity contribution is 7.98. The van der Waals surface area contributed by atoms with Gasteiger partial charge in [0.2, 0.25) is 5.91 Å². The smallest absolute Gasteiger partial charge is 0.255 e. The van der Waals surface area contributed by atoms with Crippen LogP contribution in [0, 0.1) is 12.8 Å². The zero-order valence-corrected chi connectivity index (χ0v) is 16.8. The molecule has 2 rings (SSSR count). The van der Waals surface area contributed by atoms with E-state index >= 15 is 0 Å². The van der Waals surface area contributed by atoms with Gasteiger partial charge in [-0.1, -0.05) is 49.3 Å². The quantitative estimate of drug-likeness (QED) is 0.529. The molecule has 0 aliphatic rings. The number of rotatable bonds is 8. The summed E-state index contributed by atoms with van der Waals surface area (Å²) in [6, 6.07) is 7.57. The largest absolute Gasteiger partial charge is 0.356 e. The van der Waals surface area contributed by atoms with Crippen LogP contribution in [-0.4, -0.2) is 22.4 Å². The molecule has 0 aliphatic heterocycles. The average molecular weight is 394 g/mol. The standard InChI is InChI=1S/C19H24ClN3O2S/c1-12(2)7-8-21-17(24)10-16-13(3)22-19(23-18(16)25)26-11-14-5-4-6-15(20)9-14/h4-6,9,12H,7-8,10-11H2,1-3H3,(H,21,24)(H,22,23,25). The van der Waals surface area contributed by atoms with Crippen molar-refractivity contribution >= 4 is 29.3 Å². The second-order valence-corrected chi connectivity index (χ2v) is 7.96. The van der Waals surface area contributed by atoms with Crippen LogP contribution < -0.4 is 10.9 Å². The molecule has 0 saturated carbocycles. The number of hydrogen-bond acceptors (Lipinski definition) is 4. The number of hydrogen-bond donors (Lipinski definition) is 2. The second-order valence-electron chi connectivity index (χ2n) is 6.56. The normalized spacial score (nSPS) is 11.0. The Morgan fingerprint density at radius 1 is 1.38 bits per heavy atom. The van der Waals surface area contributed by atoms with Gasteiger partial charge in [0.15, 0.2) is 5.16 Å². The van der Waals surface area contributed by atoms with E-state index in [0.717, 1.165) is 12.0 Å². The summed E-state index contributed by atoms with van der Waals surface area (Å²) in [6.45, 7) is 6.58. The van der Waals surface area contributed by atoms with Crippen LogP contribution in [0.1, 0.15) is 37.1 Å². The molecule has 0 spiro atoms. The maximum absolute atomic E-state index is 12.3. The molecule has 0 aliphatic carbocycles. The maximum Gasteiger partial charge on any atom is 0.255 e. The SMILES string of the molecule is Cc1nc(SCc2cccc(Cl)c2)[nH]c(=O)c1CC(=O)NCCC(C)C. The van der Waals surface area contributed by atoms with E-state index in [1.54, 1.807) is 6.92 Å². The van der Waals surface area contributed by atoms with E-state index in [1.807, 2.05) is 24.3 Å². The molecule has 1 aromatic heterocycles. The summed E-state index contributed by atoms with van der Waals surface area (Å²) in [5, 5.41) is 4.06. The van der Waals surface area contributed by atoms with Crippen molar-refractivity contribution in [2.75, 3.05) is 6.54 Å². The highest BCUT2D eigenvalue weighted by atomic mass is 35.5. The molecule has 0 saturated heterocycles. The third kappa shape index (κ3) is 6.50. The molecule has 0 unspecified atom stereocenters. The van der Waals surface area contributed by atoms with Gasteiger partial charge in [-0.05, 0) is 37.0 Å². The van der Waals surface area contributed by atoms with Gasteiger partial charge < -0.3 is 10.3 Å². The van der Waals surface area contributed by atoms with Gasteiger partial charge in [-0.25, -0.2) is 4.98 Å². The van der Waals surface area contributed by atoms with E-state index in [9.17, 15) is 9.59 Å². The van der Waals surface area contributed by atoms with Gasteiger partial charge in [0.25, 0.3) is 5.56 Å². The highest BCUT2D eigenvalue weighted by Crippen LogP contribution is 2.21. The van der Waals surface area contributed by atoms with Crippen LogP contribution in [0.25, 0.3) is 0 Å². The fourth-order valence-electron chi connectivity index (χ4n) is 2.36. The molecule has 26 heavy (non-hydrogen) atoms. The molecular formula is C19H24ClN3O2S. The number of aromatic amines is 1. The Bertz CT molecular complexity index is 821. The lowest BCUT2D eigenvalue weighted by Crippen LogP contribution is -2.30. The van der Waals surface area contributed by atoms with Gasteiger partial charge in [-0.2, -0.15) is 0 Å². The zero-order chi connectivity index (χ0) is 19.1. The predicted molar refractivity (Wildman–Crippen MR) is 107 cm³/mol. The number of carbonyl (C=O) groups excluding carboxylic acids is 1. The first-order valence-electron chi connectivity index (χ1n) is 8.59. The maximum atomic E-state index is 12.3. The zero-order valence-electron chi connectivity index (χ0n) is 15.3. The van der Waals surface area contributed by atoms with Crippen molar-refractivity contribution in [3.8, 4) is 0 Å². The number of aryl methyl sites for hydroxylation is 1. The number of halogens is 1. The van der Waals surface area contributed by atoms with Crippen LogP contribution in [0.4, 0.5) is 0 Å². The van der Waals surface area contributed by atoms with Gasteiger partial charge in [-0.15, -0.1) is 0 Å². The van der Waals surface area contributed by atoms with Crippen molar-refractivity contribution in [1.29, 1.82) is 0 Å². The lowest BCUT2D eigenvalue weighted by atomic mass is 10.1. The number of H-pyrrole nitrogens is 1. The minimum Gasteiger partial charge on any atom is -0.356 e. The van der Waals surface area contributed by atoms with E-state index in [0.29, 0.717) is 39.7 Å². The van der Waals surface area contributed by atoms with Crippen molar-refractivity contribution in [2.24, 2.45) is 5.92 Å². The molecule has 0 bridgehead atoms. The van der Waals surface area contributed by atoms with Crippen LogP contribution in [0.3, 0.4) is 0 Å². The predicted octanol–water partition coefficient (Wildman–Crippen LogP) is 3.73. The van der Waals surface area contributed by atoms with Crippen molar-refractivity contribution in [2.45, 2.75) is 44.5 Å². The molecule has 2 N–H and O–H groups in total.